The molecule has 10 heteroatoms. The van der Waals surface area contributed by atoms with E-state index in [0.717, 1.165) is 17.3 Å². The molecular formula is C16H15ClN2O4S3. The van der Waals surface area contributed by atoms with E-state index in [0.29, 0.717) is 26.0 Å². The molecule has 138 valence electrons. The van der Waals surface area contributed by atoms with Crippen molar-refractivity contribution in [3.8, 4) is 0 Å². The topological polar surface area (TPSA) is 84.8 Å². The fourth-order valence-corrected chi connectivity index (χ4v) is 6.14. The van der Waals surface area contributed by atoms with Gasteiger partial charge in [-0.15, -0.1) is 15.7 Å². The monoisotopic (exact) mass is 430 g/mol. The number of thiophene rings is 1. The maximum atomic E-state index is 12.5. The van der Waals surface area contributed by atoms with Gasteiger partial charge in [-0.25, -0.2) is 4.79 Å². The van der Waals surface area contributed by atoms with Crippen LogP contribution in [0.15, 0.2) is 31.7 Å². The van der Waals surface area contributed by atoms with E-state index in [9.17, 15) is 13.2 Å². The summed E-state index contributed by atoms with van der Waals surface area (Å²) in [6.07, 6.45) is 0. The predicted octanol–water partition coefficient (Wildman–Crippen LogP) is 4.46. The number of aryl methyl sites for hydroxylation is 2. The van der Waals surface area contributed by atoms with Gasteiger partial charge in [-0.3, -0.25) is 0 Å². The zero-order valence-corrected chi connectivity index (χ0v) is 17.3. The Labute approximate surface area is 164 Å². The standard InChI is InChI=1S/C16H15ClN2O4S3/c1-4-23-15(20)13-9(3)7-24-14(13)18-16-19-26(21,22)12-5-8(2)10(17)6-11(12)25-16/h5-7H,4H2,1-3H3,(H,18,19). The molecule has 1 aromatic heterocycles. The first kappa shape index (κ1) is 19.2. The molecule has 2 heterocycles. The molecule has 0 saturated carbocycles. The second kappa shape index (κ2) is 7.22. The number of hydrogen-bond donors (Lipinski definition) is 1. The third-order valence-electron chi connectivity index (χ3n) is 3.59. The number of ether oxygens (including phenoxy) is 1. The number of hydrogen-bond acceptors (Lipinski definition) is 7. The van der Waals surface area contributed by atoms with Gasteiger partial charge in [0.2, 0.25) is 0 Å². The van der Waals surface area contributed by atoms with Crippen LogP contribution in [0, 0.1) is 13.8 Å². The van der Waals surface area contributed by atoms with Crippen molar-refractivity contribution in [2.45, 2.75) is 30.6 Å². The van der Waals surface area contributed by atoms with E-state index in [-0.39, 0.29) is 16.7 Å². The first-order chi connectivity index (χ1) is 12.2. The molecule has 1 aliphatic heterocycles. The summed E-state index contributed by atoms with van der Waals surface area (Å²) >= 11 is 8.56. The van der Waals surface area contributed by atoms with Crippen molar-refractivity contribution < 1.29 is 17.9 Å². The Balaban J connectivity index is 1.97. The van der Waals surface area contributed by atoms with Crippen LogP contribution in [0.2, 0.25) is 5.02 Å². The van der Waals surface area contributed by atoms with Gasteiger partial charge >= 0.3 is 5.97 Å². The number of benzene rings is 1. The molecule has 0 bridgehead atoms. The van der Waals surface area contributed by atoms with Crippen LogP contribution in [0.4, 0.5) is 5.00 Å². The molecule has 2 aromatic rings. The number of anilines is 1. The summed E-state index contributed by atoms with van der Waals surface area (Å²) in [4.78, 5) is 12.8. The summed E-state index contributed by atoms with van der Waals surface area (Å²) in [6.45, 7) is 5.50. The number of nitrogens with zero attached hydrogens (tertiary/aromatic N) is 1. The van der Waals surface area contributed by atoms with Crippen LogP contribution in [0.5, 0.6) is 0 Å². The molecule has 0 radical (unpaired) electrons. The smallest absolute Gasteiger partial charge is 0.341 e. The van der Waals surface area contributed by atoms with Crippen molar-refractivity contribution in [2.24, 2.45) is 4.40 Å². The molecule has 1 aliphatic rings. The zero-order valence-electron chi connectivity index (χ0n) is 14.1. The second-order valence-electron chi connectivity index (χ2n) is 5.49. The van der Waals surface area contributed by atoms with Gasteiger partial charge in [0.1, 0.15) is 9.90 Å². The van der Waals surface area contributed by atoms with E-state index in [1.54, 1.807) is 32.2 Å². The van der Waals surface area contributed by atoms with Crippen molar-refractivity contribution in [1.82, 2.24) is 0 Å². The van der Waals surface area contributed by atoms with Crippen molar-refractivity contribution in [3.05, 3.63) is 39.2 Å². The lowest BCUT2D eigenvalue weighted by atomic mass is 10.2. The SMILES string of the molecule is CCOC(=O)c1c(C)csc1NC1=NS(=O)(=O)c2cc(C)c(Cl)cc2S1. The average molecular weight is 431 g/mol. The van der Waals surface area contributed by atoms with Crippen LogP contribution in [-0.2, 0) is 14.8 Å². The van der Waals surface area contributed by atoms with Gasteiger partial charge in [-0.1, -0.05) is 11.6 Å². The maximum Gasteiger partial charge on any atom is 0.341 e. The highest BCUT2D eigenvalue weighted by Gasteiger charge is 2.28. The van der Waals surface area contributed by atoms with Crippen molar-refractivity contribution in [2.75, 3.05) is 11.9 Å². The minimum Gasteiger partial charge on any atom is -0.462 e. The van der Waals surface area contributed by atoms with Gasteiger partial charge in [0, 0.05) is 9.92 Å². The van der Waals surface area contributed by atoms with Gasteiger partial charge < -0.3 is 10.1 Å². The number of halogens is 1. The van der Waals surface area contributed by atoms with Gasteiger partial charge in [0.25, 0.3) is 10.0 Å². The van der Waals surface area contributed by atoms with E-state index < -0.39 is 16.0 Å². The zero-order chi connectivity index (χ0) is 19.1. The summed E-state index contributed by atoms with van der Waals surface area (Å²) in [5.41, 5.74) is 1.80. The molecule has 6 nitrogen and oxygen atoms in total. The number of carbonyl (C=O) groups is 1. The molecule has 1 aromatic carbocycles. The Morgan fingerprint density at radius 3 is 2.73 bits per heavy atom. The van der Waals surface area contributed by atoms with E-state index >= 15 is 0 Å². The quantitative estimate of drug-likeness (QED) is 0.723. The van der Waals surface area contributed by atoms with Crippen molar-refractivity contribution in [1.29, 1.82) is 0 Å². The third kappa shape index (κ3) is 3.62. The predicted molar refractivity (Wildman–Crippen MR) is 105 cm³/mol. The fraction of sp³-hybridized carbons (Fsp3) is 0.250. The molecule has 1 N–H and O–H groups in total. The largest absolute Gasteiger partial charge is 0.462 e. The summed E-state index contributed by atoms with van der Waals surface area (Å²) in [7, 11) is -3.85. The van der Waals surface area contributed by atoms with E-state index in [4.69, 9.17) is 16.3 Å². The Bertz CT molecular complexity index is 1030. The molecule has 0 amide bonds. The first-order valence-electron chi connectivity index (χ1n) is 7.58. The fourth-order valence-electron chi connectivity index (χ4n) is 2.34. The number of carbonyl (C=O) groups excluding carboxylic acids is 1. The normalized spacial score (nSPS) is 15.2. The number of amidine groups is 1. The van der Waals surface area contributed by atoms with Crippen molar-refractivity contribution >= 4 is 60.9 Å². The van der Waals surface area contributed by atoms with Crippen LogP contribution in [0.25, 0.3) is 0 Å². The Morgan fingerprint density at radius 2 is 2.04 bits per heavy atom. The summed E-state index contributed by atoms with van der Waals surface area (Å²) < 4.78 is 33.9. The maximum absolute atomic E-state index is 12.5. The lowest BCUT2D eigenvalue weighted by molar-refractivity contribution is 0.0527. The molecule has 3 rings (SSSR count). The molecule has 0 unspecified atom stereocenters. The number of esters is 1. The minimum atomic E-state index is -3.85. The van der Waals surface area contributed by atoms with Crippen LogP contribution >= 0.6 is 34.7 Å². The summed E-state index contributed by atoms with van der Waals surface area (Å²) in [6, 6.07) is 3.12. The first-order valence-corrected chi connectivity index (χ1v) is 11.1. The minimum absolute atomic E-state index is 0.128. The molecular weight excluding hydrogens is 416 g/mol. The van der Waals surface area contributed by atoms with Crippen LogP contribution in [-0.4, -0.2) is 26.2 Å². The summed E-state index contributed by atoms with van der Waals surface area (Å²) in [5, 5.41) is 5.87. The lowest BCUT2D eigenvalue weighted by Gasteiger charge is -2.17. The molecule has 0 aliphatic carbocycles. The lowest BCUT2D eigenvalue weighted by Crippen LogP contribution is -2.17. The molecule has 26 heavy (non-hydrogen) atoms. The van der Waals surface area contributed by atoms with Gasteiger partial charge in [0.15, 0.2) is 5.17 Å². The second-order valence-corrected chi connectivity index (χ2v) is 9.38. The Kier molecular flexibility index (Phi) is 5.34. The number of thioether (sulfide) groups is 1. The van der Waals surface area contributed by atoms with Crippen molar-refractivity contribution in [3.63, 3.8) is 0 Å². The average Bonchev–Trinajstić information content (AvgIpc) is 2.90. The van der Waals surface area contributed by atoms with Crippen LogP contribution in [0.3, 0.4) is 0 Å². The third-order valence-corrected chi connectivity index (χ3v) is 7.51. The number of nitrogens with one attached hydrogen (secondary N) is 1. The molecule has 0 fully saturated rings. The molecule has 0 spiro atoms. The van der Waals surface area contributed by atoms with E-state index in [1.807, 2.05) is 0 Å². The highest BCUT2D eigenvalue weighted by molar-refractivity contribution is 8.15. The Morgan fingerprint density at radius 1 is 1.31 bits per heavy atom. The highest BCUT2D eigenvalue weighted by atomic mass is 35.5. The highest BCUT2D eigenvalue weighted by Crippen LogP contribution is 2.39. The van der Waals surface area contributed by atoms with Crippen LogP contribution < -0.4 is 5.32 Å². The Hall–Kier alpha value is -1.55. The van der Waals surface area contributed by atoms with Gasteiger partial charge in [-0.05, 0) is 61.2 Å². The van der Waals surface area contributed by atoms with E-state index in [1.165, 1.54) is 17.4 Å². The number of fused-ring (bicyclic) bond motifs is 1. The van der Waals surface area contributed by atoms with Gasteiger partial charge in [-0.2, -0.15) is 8.42 Å². The van der Waals surface area contributed by atoms with Crippen LogP contribution in [0.1, 0.15) is 28.4 Å². The summed E-state index contributed by atoms with van der Waals surface area (Å²) in [5.74, 6) is -0.461. The number of rotatable bonds is 3. The molecule has 0 atom stereocenters. The van der Waals surface area contributed by atoms with Gasteiger partial charge in [0.05, 0.1) is 12.2 Å². The molecule has 0 saturated heterocycles. The number of sulfonamides is 1. The van der Waals surface area contributed by atoms with E-state index in [2.05, 4.69) is 9.71 Å².